The van der Waals surface area contributed by atoms with Gasteiger partial charge in [0.05, 0.1) is 18.5 Å². The fourth-order valence-corrected chi connectivity index (χ4v) is 1.57. The number of hydrogen-bond acceptors (Lipinski definition) is 4. The van der Waals surface area contributed by atoms with Gasteiger partial charge in [0.1, 0.15) is 0 Å². The van der Waals surface area contributed by atoms with Gasteiger partial charge in [-0.3, -0.25) is 4.98 Å². The van der Waals surface area contributed by atoms with Crippen LogP contribution in [0.5, 0.6) is 5.88 Å². The second-order valence-corrected chi connectivity index (χ2v) is 4.64. The normalized spacial score (nSPS) is 12.6. The maximum atomic E-state index is 5.51. The Kier molecular flexibility index (Phi) is 4.99. The fraction of sp³-hybridized carbons (Fsp3) is 0.636. The molecule has 1 unspecified atom stereocenters. The van der Waals surface area contributed by atoms with E-state index in [1.165, 1.54) is 0 Å². The SMILES string of the molecule is CC(C)Oc1cncc(N(C)C(C)CBr)n1. The molecule has 5 heteroatoms. The van der Waals surface area contributed by atoms with Crippen molar-refractivity contribution < 1.29 is 4.74 Å². The molecule has 1 aromatic rings. The molecule has 0 saturated carbocycles. The van der Waals surface area contributed by atoms with Crippen LogP contribution in [0.15, 0.2) is 12.4 Å². The summed E-state index contributed by atoms with van der Waals surface area (Å²) in [5, 5.41) is 0.889. The topological polar surface area (TPSA) is 38.2 Å². The summed E-state index contributed by atoms with van der Waals surface area (Å²) in [6, 6.07) is 0.364. The summed E-state index contributed by atoms with van der Waals surface area (Å²) in [5.74, 6) is 1.39. The van der Waals surface area contributed by atoms with Crippen LogP contribution in [-0.2, 0) is 0 Å². The van der Waals surface area contributed by atoms with Gasteiger partial charge in [0, 0.05) is 18.4 Å². The monoisotopic (exact) mass is 287 g/mol. The molecule has 0 aliphatic rings. The lowest BCUT2D eigenvalue weighted by molar-refractivity contribution is 0.231. The molecule has 0 fully saturated rings. The van der Waals surface area contributed by atoms with Crippen LogP contribution in [0.3, 0.4) is 0 Å². The van der Waals surface area contributed by atoms with Gasteiger partial charge in [-0.1, -0.05) is 15.9 Å². The Bertz CT molecular complexity index is 333. The third kappa shape index (κ3) is 3.63. The van der Waals surface area contributed by atoms with Crippen LogP contribution in [-0.4, -0.2) is 34.5 Å². The van der Waals surface area contributed by atoms with Crippen molar-refractivity contribution in [2.75, 3.05) is 17.3 Å². The first-order valence-corrected chi connectivity index (χ1v) is 6.44. The molecule has 16 heavy (non-hydrogen) atoms. The predicted octanol–water partition coefficient (Wildman–Crippen LogP) is 2.48. The lowest BCUT2D eigenvalue weighted by Crippen LogP contribution is -2.30. The molecule has 1 rings (SSSR count). The predicted molar refractivity (Wildman–Crippen MR) is 69.5 cm³/mol. The van der Waals surface area contributed by atoms with E-state index in [1.807, 2.05) is 20.9 Å². The summed E-state index contributed by atoms with van der Waals surface area (Å²) in [7, 11) is 2.00. The lowest BCUT2D eigenvalue weighted by atomic mass is 10.3. The number of hydrogen-bond donors (Lipinski definition) is 0. The molecule has 0 amide bonds. The zero-order valence-corrected chi connectivity index (χ0v) is 11.7. The van der Waals surface area contributed by atoms with Crippen molar-refractivity contribution in [3.05, 3.63) is 12.4 Å². The highest BCUT2D eigenvalue weighted by molar-refractivity contribution is 9.09. The van der Waals surface area contributed by atoms with Gasteiger partial charge < -0.3 is 9.64 Å². The maximum Gasteiger partial charge on any atom is 0.234 e. The van der Waals surface area contributed by atoms with Crippen LogP contribution in [0.1, 0.15) is 20.8 Å². The number of aromatic nitrogens is 2. The van der Waals surface area contributed by atoms with Crippen molar-refractivity contribution >= 4 is 21.7 Å². The average Bonchev–Trinajstić information content (AvgIpc) is 2.26. The summed E-state index contributed by atoms with van der Waals surface area (Å²) in [5.41, 5.74) is 0. The quantitative estimate of drug-likeness (QED) is 0.780. The van der Waals surface area contributed by atoms with E-state index in [9.17, 15) is 0 Å². The highest BCUT2D eigenvalue weighted by Gasteiger charge is 2.11. The molecule has 0 aromatic carbocycles. The number of ether oxygens (including phenoxy) is 1. The zero-order chi connectivity index (χ0) is 12.1. The van der Waals surface area contributed by atoms with E-state index in [0.29, 0.717) is 11.9 Å². The van der Waals surface area contributed by atoms with Gasteiger partial charge in [-0.2, -0.15) is 4.98 Å². The Hall–Kier alpha value is -0.840. The molecule has 1 heterocycles. The van der Waals surface area contributed by atoms with Crippen LogP contribution in [0, 0.1) is 0 Å². The van der Waals surface area contributed by atoms with E-state index >= 15 is 0 Å². The summed E-state index contributed by atoms with van der Waals surface area (Å²) in [6.07, 6.45) is 3.49. The standard InChI is InChI=1S/C11H18BrN3O/c1-8(2)16-11-7-13-6-10(14-11)15(4)9(3)5-12/h6-9H,5H2,1-4H3. The number of alkyl halides is 1. The van der Waals surface area contributed by atoms with Crippen molar-refractivity contribution in [2.45, 2.75) is 32.9 Å². The van der Waals surface area contributed by atoms with Crippen molar-refractivity contribution in [3.8, 4) is 5.88 Å². The van der Waals surface area contributed by atoms with E-state index in [4.69, 9.17) is 4.74 Å². The summed E-state index contributed by atoms with van der Waals surface area (Å²) in [6.45, 7) is 6.06. The lowest BCUT2D eigenvalue weighted by Gasteiger charge is -2.24. The smallest absolute Gasteiger partial charge is 0.234 e. The molecular weight excluding hydrogens is 270 g/mol. The van der Waals surface area contributed by atoms with Crippen LogP contribution in [0.25, 0.3) is 0 Å². The third-order valence-electron chi connectivity index (χ3n) is 2.20. The van der Waals surface area contributed by atoms with Gasteiger partial charge in [0.25, 0.3) is 0 Å². The number of rotatable bonds is 5. The molecule has 0 bridgehead atoms. The first-order valence-electron chi connectivity index (χ1n) is 5.32. The minimum Gasteiger partial charge on any atom is -0.474 e. The van der Waals surface area contributed by atoms with Crippen molar-refractivity contribution in [1.29, 1.82) is 0 Å². The van der Waals surface area contributed by atoms with E-state index in [0.717, 1.165) is 11.1 Å². The molecule has 0 aliphatic heterocycles. The molecule has 4 nitrogen and oxygen atoms in total. The highest BCUT2D eigenvalue weighted by atomic mass is 79.9. The Morgan fingerprint density at radius 2 is 2.06 bits per heavy atom. The largest absolute Gasteiger partial charge is 0.474 e. The van der Waals surface area contributed by atoms with Crippen molar-refractivity contribution in [1.82, 2.24) is 9.97 Å². The molecular formula is C11H18BrN3O. The second kappa shape index (κ2) is 6.03. The van der Waals surface area contributed by atoms with Gasteiger partial charge >= 0.3 is 0 Å². The van der Waals surface area contributed by atoms with Gasteiger partial charge in [0.2, 0.25) is 5.88 Å². The van der Waals surface area contributed by atoms with Gasteiger partial charge in [-0.05, 0) is 20.8 Å². The Balaban J connectivity index is 2.81. The molecule has 0 N–H and O–H groups in total. The van der Waals surface area contributed by atoms with E-state index in [-0.39, 0.29) is 6.10 Å². The van der Waals surface area contributed by atoms with E-state index in [2.05, 4.69) is 37.7 Å². The number of halogens is 1. The Labute approximate surface area is 105 Å². The van der Waals surface area contributed by atoms with Crippen LogP contribution in [0.2, 0.25) is 0 Å². The minimum atomic E-state index is 0.114. The molecule has 0 aliphatic carbocycles. The zero-order valence-electron chi connectivity index (χ0n) is 10.1. The molecule has 1 aromatic heterocycles. The number of nitrogens with zero attached hydrogens (tertiary/aromatic N) is 3. The molecule has 90 valence electrons. The number of anilines is 1. The van der Waals surface area contributed by atoms with Gasteiger partial charge in [-0.15, -0.1) is 0 Å². The molecule has 0 saturated heterocycles. The first-order chi connectivity index (χ1) is 7.54. The Morgan fingerprint density at radius 1 is 1.38 bits per heavy atom. The van der Waals surface area contributed by atoms with Crippen molar-refractivity contribution in [2.24, 2.45) is 0 Å². The van der Waals surface area contributed by atoms with E-state index < -0.39 is 0 Å². The molecule has 1 atom stereocenters. The highest BCUT2D eigenvalue weighted by Crippen LogP contribution is 2.16. The second-order valence-electron chi connectivity index (χ2n) is 4.00. The van der Waals surface area contributed by atoms with Crippen molar-refractivity contribution in [3.63, 3.8) is 0 Å². The van der Waals surface area contributed by atoms with Gasteiger partial charge in [-0.25, -0.2) is 0 Å². The van der Waals surface area contributed by atoms with Crippen LogP contribution in [0.4, 0.5) is 5.82 Å². The summed E-state index contributed by atoms with van der Waals surface area (Å²) >= 11 is 3.45. The average molecular weight is 288 g/mol. The Morgan fingerprint density at radius 3 is 2.62 bits per heavy atom. The fourth-order valence-electron chi connectivity index (χ4n) is 1.14. The first kappa shape index (κ1) is 13.2. The summed E-state index contributed by atoms with van der Waals surface area (Å²) < 4.78 is 5.51. The molecule has 0 spiro atoms. The minimum absolute atomic E-state index is 0.114. The van der Waals surface area contributed by atoms with Crippen LogP contribution < -0.4 is 9.64 Å². The van der Waals surface area contributed by atoms with E-state index in [1.54, 1.807) is 12.4 Å². The molecule has 0 radical (unpaired) electrons. The van der Waals surface area contributed by atoms with Crippen LogP contribution >= 0.6 is 15.9 Å². The van der Waals surface area contributed by atoms with Gasteiger partial charge in [0.15, 0.2) is 5.82 Å². The summed E-state index contributed by atoms with van der Waals surface area (Å²) in [4.78, 5) is 10.6. The maximum absolute atomic E-state index is 5.51. The third-order valence-corrected chi connectivity index (χ3v) is 3.14.